The standard InChI is InChI=1S/C7H5NS.C4H4O4/c1-2-4-7-6(3-1)8-5-9-7;5-3(6)1-2-4(7)8/h1-5H;1-2H,(H,5,6)(H,7,8)/b;2-1-. The van der Waals surface area contributed by atoms with Gasteiger partial charge < -0.3 is 10.2 Å². The number of carboxylic acid groups (broad SMARTS) is 2. The van der Waals surface area contributed by atoms with Crippen molar-refractivity contribution in [3.05, 3.63) is 41.9 Å². The number of aromatic nitrogens is 1. The lowest BCUT2D eigenvalue weighted by atomic mass is 10.3. The Labute approximate surface area is 101 Å². The van der Waals surface area contributed by atoms with Crippen molar-refractivity contribution in [1.29, 1.82) is 0 Å². The van der Waals surface area contributed by atoms with E-state index in [0.29, 0.717) is 12.2 Å². The summed E-state index contributed by atoms with van der Waals surface area (Å²) in [4.78, 5) is 23.2. The van der Waals surface area contributed by atoms with Crippen LogP contribution in [0.15, 0.2) is 41.9 Å². The van der Waals surface area contributed by atoms with Crippen molar-refractivity contribution in [3.63, 3.8) is 0 Å². The van der Waals surface area contributed by atoms with Crippen molar-refractivity contribution in [3.8, 4) is 0 Å². The Hall–Kier alpha value is -2.21. The summed E-state index contributed by atoms with van der Waals surface area (Å²) in [5, 5.41) is 15.6. The van der Waals surface area contributed by atoms with E-state index in [1.807, 2.05) is 23.7 Å². The molecule has 6 heteroatoms. The Bertz CT molecular complexity index is 501. The zero-order valence-electron chi connectivity index (χ0n) is 8.61. The second-order valence-corrected chi connectivity index (χ2v) is 3.72. The largest absolute Gasteiger partial charge is 0.478 e. The summed E-state index contributed by atoms with van der Waals surface area (Å²) in [6.07, 6.45) is 1.12. The van der Waals surface area contributed by atoms with E-state index in [-0.39, 0.29) is 0 Å². The Morgan fingerprint density at radius 3 is 2.24 bits per heavy atom. The summed E-state index contributed by atoms with van der Waals surface area (Å²) in [7, 11) is 0. The highest BCUT2D eigenvalue weighted by molar-refractivity contribution is 7.16. The van der Waals surface area contributed by atoms with Crippen LogP contribution >= 0.6 is 11.3 Å². The highest BCUT2D eigenvalue weighted by atomic mass is 32.1. The highest BCUT2D eigenvalue weighted by Crippen LogP contribution is 2.15. The molecule has 2 rings (SSSR count). The van der Waals surface area contributed by atoms with Gasteiger partial charge in [0.15, 0.2) is 0 Å². The first-order valence-corrected chi connectivity index (χ1v) is 5.39. The van der Waals surface area contributed by atoms with Crippen molar-refractivity contribution in [2.24, 2.45) is 0 Å². The van der Waals surface area contributed by atoms with Crippen LogP contribution in [0.5, 0.6) is 0 Å². The van der Waals surface area contributed by atoms with Gasteiger partial charge in [0.2, 0.25) is 0 Å². The lowest BCUT2D eigenvalue weighted by Crippen LogP contribution is -1.91. The SMILES string of the molecule is O=C(O)/C=C\C(=O)O.c1ccc2scnc2c1. The number of nitrogens with zero attached hydrogens (tertiary/aromatic N) is 1. The number of aliphatic carboxylic acids is 2. The molecule has 2 aromatic rings. The maximum absolute atomic E-state index is 9.55. The lowest BCUT2D eigenvalue weighted by Gasteiger charge is -1.80. The molecule has 0 fully saturated rings. The van der Waals surface area contributed by atoms with E-state index < -0.39 is 11.9 Å². The first-order valence-electron chi connectivity index (χ1n) is 4.52. The topological polar surface area (TPSA) is 87.5 Å². The number of benzene rings is 1. The van der Waals surface area contributed by atoms with Crippen LogP contribution in [0.25, 0.3) is 10.2 Å². The van der Waals surface area contributed by atoms with Crippen LogP contribution in [0.1, 0.15) is 0 Å². The van der Waals surface area contributed by atoms with Gasteiger partial charge in [-0.3, -0.25) is 0 Å². The van der Waals surface area contributed by atoms with E-state index in [9.17, 15) is 9.59 Å². The van der Waals surface area contributed by atoms with Gasteiger partial charge in [-0.15, -0.1) is 11.3 Å². The quantitative estimate of drug-likeness (QED) is 0.797. The first-order chi connectivity index (χ1) is 8.09. The van der Waals surface area contributed by atoms with E-state index in [0.717, 1.165) is 5.52 Å². The number of thiazole rings is 1. The smallest absolute Gasteiger partial charge is 0.328 e. The number of carbonyl (C=O) groups is 2. The fourth-order valence-electron chi connectivity index (χ4n) is 0.946. The first kappa shape index (κ1) is 12.9. The third kappa shape index (κ3) is 4.89. The molecular formula is C11H9NO4S. The Morgan fingerprint density at radius 1 is 1.12 bits per heavy atom. The number of hydrogen-bond acceptors (Lipinski definition) is 4. The zero-order valence-corrected chi connectivity index (χ0v) is 9.42. The molecule has 0 atom stereocenters. The summed E-state index contributed by atoms with van der Waals surface area (Å²) in [5.74, 6) is -2.51. The van der Waals surface area contributed by atoms with Gasteiger partial charge in [-0.25, -0.2) is 14.6 Å². The normalized spacial score (nSPS) is 9.88. The number of hydrogen-bond donors (Lipinski definition) is 2. The molecule has 5 nitrogen and oxygen atoms in total. The molecule has 0 aliphatic heterocycles. The van der Waals surface area contributed by atoms with Crippen LogP contribution in [0.3, 0.4) is 0 Å². The lowest BCUT2D eigenvalue weighted by molar-refractivity contribution is -0.134. The number of para-hydroxylation sites is 1. The molecular weight excluding hydrogens is 242 g/mol. The summed E-state index contributed by atoms with van der Waals surface area (Å²) in [6, 6.07) is 8.13. The molecule has 1 heterocycles. The molecule has 2 N–H and O–H groups in total. The Morgan fingerprint density at radius 2 is 1.71 bits per heavy atom. The van der Waals surface area contributed by atoms with Crippen LogP contribution in [0, 0.1) is 0 Å². The van der Waals surface area contributed by atoms with Crippen LogP contribution in [-0.2, 0) is 9.59 Å². The second kappa shape index (κ2) is 6.39. The van der Waals surface area contributed by atoms with Gasteiger partial charge in [0.25, 0.3) is 0 Å². The number of fused-ring (bicyclic) bond motifs is 1. The van der Waals surface area contributed by atoms with Gasteiger partial charge in [-0.1, -0.05) is 12.1 Å². The maximum atomic E-state index is 9.55. The second-order valence-electron chi connectivity index (χ2n) is 2.83. The van der Waals surface area contributed by atoms with Crippen molar-refractivity contribution in [2.45, 2.75) is 0 Å². The minimum atomic E-state index is -1.26. The van der Waals surface area contributed by atoms with E-state index in [1.54, 1.807) is 11.3 Å². The highest BCUT2D eigenvalue weighted by Gasteiger charge is 1.89. The molecule has 0 aliphatic carbocycles. The van der Waals surface area contributed by atoms with Gasteiger partial charge in [0, 0.05) is 12.2 Å². The molecule has 0 aliphatic rings. The van der Waals surface area contributed by atoms with Crippen LogP contribution in [0.4, 0.5) is 0 Å². The molecule has 17 heavy (non-hydrogen) atoms. The molecule has 0 bridgehead atoms. The average Bonchev–Trinajstić information content (AvgIpc) is 2.75. The van der Waals surface area contributed by atoms with Crippen molar-refractivity contribution < 1.29 is 19.8 Å². The van der Waals surface area contributed by atoms with E-state index >= 15 is 0 Å². The summed E-state index contributed by atoms with van der Waals surface area (Å²) in [6.45, 7) is 0. The maximum Gasteiger partial charge on any atom is 0.328 e. The van der Waals surface area contributed by atoms with Crippen LogP contribution in [-0.4, -0.2) is 27.1 Å². The van der Waals surface area contributed by atoms with Crippen molar-refractivity contribution in [1.82, 2.24) is 4.98 Å². The fourth-order valence-corrected chi connectivity index (χ4v) is 1.62. The van der Waals surface area contributed by atoms with Crippen molar-refractivity contribution in [2.75, 3.05) is 0 Å². The molecule has 0 unspecified atom stereocenters. The van der Waals surface area contributed by atoms with Gasteiger partial charge in [0.1, 0.15) is 0 Å². The fraction of sp³-hybridized carbons (Fsp3) is 0. The van der Waals surface area contributed by atoms with Crippen molar-refractivity contribution >= 4 is 33.5 Å². The Kier molecular flexibility index (Phi) is 4.83. The zero-order chi connectivity index (χ0) is 12.7. The summed E-state index contributed by atoms with van der Waals surface area (Å²) in [5.41, 5.74) is 2.97. The molecule has 1 aromatic carbocycles. The molecule has 0 saturated carbocycles. The molecule has 0 spiro atoms. The van der Waals surface area contributed by atoms with E-state index in [1.165, 1.54) is 4.70 Å². The molecule has 0 saturated heterocycles. The van der Waals surface area contributed by atoms with Gasteiger partial charge >= 0.3 is 11.9 Å². The molecule has 0 amide bonds. The van der Waals surface area contributed by atoms with E-state index in [4.69, 9.17) is 10.2 Å². The van der Waals surface area contributed by atoms with Crippen LogP contribution in [0.2, 0.25) is 0 Å². The third-order valence-electron chi connectivity index (χ3n) is 1.61. The number of carboxylic acids is 2. The predicted molar refractivity (Wildman–Crippen MR) is 64.0 cm³/mol. The Balaban J connectivity index is 0.000000172. The minimum Gasteiger partial charge on any atom is -0.478 e. The summed E-state index contributed by atoms with van der Waals surface area (Å²) >= 11 is 1.68. The monoisotopic (exact) mass is 251 g/mol. The average molecular weight is 251 g/mol. The number of rotatable bonds is 2. The molecule has 1 aromatic heterocycles. The predicted octanol–water partition coefficient (Wildman–Crippen LogP) is 2.01. The molecule has 88 valence electrons. The minimum absolute atomic E-state index is 0.558. The van der Waals surface area contributed by atoms with Gasteiger partial charge in [0.05, 0.1) is 15.7 Å². The van der Waals surface area contributed by atoms with E-state index in [2.05, 4.69) is 11.1 Å². The van der Waals surface area contributed by atoms with Gasteiger partial charge in [-0.05, 0) is 12.1 Å². The van der Waals surface area contributed by atoms with Crippen LogP contribution < -0.4 is 0 Å². The van der Waals surface area contributed by atoms with Gasteiger partial charge in [-0.2, -0.15) is 0 Å². The third-order valence-corrected chi connectivity index (χ3v) is 2.42. The summed E-state index contributed by atoms with van der Waals surface area (Å²) < 4.78 is 1.26. The molecule has 0 radical (unpaired) electrons.